The van der Waals surface area contributed by atoms with Crippen molar-refractivity contribution in [3.8, 4) is 17.2 Å². The molecule has 1 unspecified atom stereocenters. The van der Waals surface area contributed by atoms with Gasteiger partial charge in [-0.3, -0.25) is 4.79 Å². The molecule has 0 saturated carbocycles. The molecule has 0 heterocycles. The Kier molecular flexibility index (Phi) is 7.07. The number of carbonyl (C=O) groups excluding carboxylic acids is 1. The Bertz CT molecular complexity index is 1030. The lowest BCUT2D eigenvalue weighted by atomic mass is 10.1. The van der Waals surface area contributed by atoms with Crippen LogP contribution in [0.25, 0.3) is 0 Å². The maximum absolute atomic E-state index is 13.5. The van der Waals surface area contributed by atoms with E-state index >= 15 is 0 Å². The number of ether oxygens (including phenoxy) is 3. The number of hydrogen-bond acceptors (Lipinski definition) is 4. The Balaban J connectivity index is 1.80. The summed E-state index contributed by atoms with van der Waals surface area (Å²) in [6, 6.07) is 15.6. The zero-order valence-corrected chi connectivity index (χ0v) is 17.4. The van der Waals surface area contributed by atoms with Crippen LogP contribution in [0, 0.1) is 11.6 Å². The molecule has 31 heavy (non-hydrogen) atoms. The quantitative estimate of drug-likeness (QED) is 0.547. The fraction of sp³-hybridized carbons (Fsp3) is 0.208. The molecule has 1 N–H and O–H groups in total. The van der Waals surface area contributed by atoms with Crippen LogP contribution in [0.2, 0.25) is 0 Å². The first-order valence-corrected chi connectivity index (χ1v) is 9.61. The van der Waals surface area contributed by atoms with Gasteiger partial charge in [0.2, 0.25) is 5.75 Å². The molecule has 0 spiro atoms. The van der Waals surface area contributed by atoms with Gasteiger partial charge in [-0.1, -0.05) is 36.4 Å². The molecule has 0 aliphatic heterocycles. The van der Waals surface area contributed by atoms with Gasteiger partial charge < -0.3 is 19.5 Å². The fourth-order valence-corrected chi connectivity index (χ4v) is 3.03. The maximum Gasteiger partial charge on any atom is 0.252 e. The minimum absolute atomic E-state index is 0.273. The summed E-state index contributed by atoms with van der Waals surface area (Å²) < 4.78 is 43.4. The molecule has 0 bridgehead atoms. The Labute approximate surface area is 179 Å². The highest BCUT2D eigenvalue weighted by Gasteiger charge is 2.20. The number of halogens is 2. The van der Waals surface area contributed by atoms with Crippen molar-refractivity contribution in [2.75, 3.05) is 14.2 Å². The van der Waals surface area contributed by atoms with Crippen molar-refractivity contribution in [3.05, 3.63) is 89.0 Å². The summed E-state index contributed by atoms with van der Waals surface area (Å²) >= 11 is 0. The van der Waals surface area contributed by atoms with E-state index in [-0.39, 0.29) is 5.56 Å². The van der Waals surface area contributed by atoms with Crippen molar-refractivity contribution in [2.24, 2.45) is 0 Å². The second kappa shape index (κ2) is 9.93. The van der Waals surface area contributed by atoms with E-state index in [0.717, 1.165) is 17.7 Å². The summed E-state index contributed by atoms with van der Waals surface area (Å²) in [5.41, 5.74) is 1.68. The molecule has 1 amide bonds. The smallest absolute Gasteiger partial charge is 0.252 e. The Hall–Kier alpha value is -3.61. The standard InChI is InChI=1S/C24H23F2NO4/c1-15(17-9-10-19(25)20(26)11-17)27-24(28)18-12-21(29-2)23(22(13-18)30-3)31-14-16-7-5-4-6-8-16/h4-13,15H,14H2,1-3H3,(H,27,28). The number of carbonyl (C=O) groups is 1. The van der Waals surface area contributed by atoms with Crippen LogP contribution in [0.4, 0.5) is 8.78 Å². The van der Waals surface area contributed by atoms with Gasteiger partial charge in [-0.25, -0.2) is 8.78 Å². The van der Waals surface area contributed by atoms with Crippen molar-refractivity contribution in [1.29, 1.82) is 0 Å². The van der Waals surface area contributed by atoms with Gasteiger partial charge in [0, 0.05) is 5.56 Å². The minimum atomic E-state index is -0.971. The predicted octanol–water partition coefficient (Wildman–Crippen LogP) is 5.05. The zero-order valence-electron chi connectivity index (χ0n) is 17.4. The molecule has 162 valence electrons. The molecule has 3 aromatic carbocycles. The van der Waals surface area contributed by atoms with Gasteiger partial charge in [-0.2, -0.15) is 0 Å². The third kappa shape index (κ3) is 5.31. The van der Waals surface area contributed by atoms with Crippen LogP contribution in [0.5, 0.6) is 17.2 Å². The second-order valence-electron chi connectivity index (χ2n) is 6.85. The van der Waals surface area contributed by atoms with E-state index in [1.165, 1.54) is 32.4 Å². The number of rotatable bonds is 8. The van der Waals surface area contributed by atoms with E-state index in [0.29, 0.717) is 29.4 Å². The normalized spacial score (nSPS) is 11.5. The number of amides is 1. The summed E-state index contributed by atoms with van der Waals surface area (Å²) in [4.78, 5) is 12.8. The molecule has 0 aliphatic rings. The van der Waals surface area contributed by atoms with E-state index in [9.17, 15) is 13.6 Å². The predicted molar refractivity (Wildman–Crippen MR) is 113 cm³/mol. The highest BCUT2D eigenvalue weighted by molar-refractivity contribution is 5.95. The van der Waals surface area contributed by atoms with Crippen LogP contribution in [0.15, 0.2) is 60.7 Å². The number of benzene rings is 3. The third-order valence-electron chi connectivity index (χ3n) is 4.74. The molecule has 7 heteroatoms. The topological polar surface area (TPSA) is 56.8 Å². The van der Waals surface area contributed by atoms with Crippen LogP contribution in [-0.4, -0.2) is 20.1 Å². The van der Waals surface area contributed by atoms with Crippen LogP contribution >= 0.6 is 0 Å². The number of hydrogen-bond donors (Lipinski definition) is 1. The van der Waals surface area contributed by atoms with Gasteiger partial charge >= 0.3 is 0 Å². The van der Waals surface area contributed by atoms with E-state index in [2.05, 4.69) is 5.32 Å². The summed E-state index contributed by atoms with van der Waals surface area (Å²) in [5.74, 6) is -1.30. The van der Waals surface area contributed by atoms with E-state index in [1.807, 2.05) is 30.3 Å². The van der Waals surface area contributed by atoms with Gasteiger partial charge in [0.15, 0.2) is 23.1 Å². The first-order valence-electron chi connectivity index (χ1n) is 9.61. The lowest BCUT2D eigenvalue weighted by Crippen LogP contribution is -2.26. The van der Waals surface area contributed by atoms with Crippen LogP contribution < -0.4 is 19.5 Å². The number of methoxy groups -OCH3 is 2. The molecule has 0 aliphatic carbocycles. The monoisotopic (exact) mass is 427 g/mol. The molecule has 1 atom stereocenters. The maximum atomic E-state index is 13.5. The SMILES string of the molecule is COc1cc(C(=O)NC(C)c2ccc(F)c(F)c2)cc(OC)c1OCc1ccccc1. The van der Waals surface area contributed by atoms with Crippen molar-refractivity contribution in [2.45, 2.75) is 19.6 Å². The summed E-state index contributed by atoms with van der Waals surface area (Å²) in [6.45, 7) is 1.97. The van der Waals surface area contributed by atoms with Gasteiger partial charge in [0.05, 0.1) is 20.3 Å². The highest BCUT2D eigenvalue weighted by atomic mass is 19.2. The van der Waals surface area contributed by atoms with Crippen LogP contribution in [0.1, 0.15) is 34.5 Å². The Morgan fingerprint density at radius 2 is 1.58 bits per heavy atom. The Morgan fingerprint density at radius 3 is 2.16 bits per heavy atom. The summed E-state index contributed by atoms with van der Waals surface area (Å²) in [5, 5.41) is 2.76. The van der Waals surface area contributed by atoms with Gasteiger partial charge in [0.25, 0.3) is 5.91 Å². The lowest BCUT2D eigenvalue weighted by molar-refractivity contribution is 0.0939. The molecule has 5 nitrogen and oxygen atoms in total. The highest BCUT2D eigenvalue weighted by Crippen LogP contribution is 2.39. The van der Waals surface area contributed by atoms with Crippen molar-refractivity contribution in [1.82, 2.24) is 5.32 Å². The first kappa shape index (κ1) is 22.1. The zero-order chi connectivity index (χ0) is 22.4. The van der Waals surface area contributed by atoms with Gasteiger partial charge in [0.1, 0.15) is 6.61 Å². The summed E-state index contributed by atoms with van der Waals surface area (Å²) in [7, 11) is 2.94. The largest absolute Gasteiger partial charge is 0.493 e. The Morgan fingerprint density at radius 1 is 0.935 bits per heavy atom. The average molecular weight is 427 g/mol. The van der Waals surface area contributed by atoms with E-state index in [1.54, 1.807) is 6.92 Å². The molecule has 0 fully saturated rings. The third-order valence-corrected chi connectivity index (χ3v) is 4.74. The van der Waals surface area contributed by atoms with Gasteiger partial charge in [-0.05, 0) is 42.3 Å². The molecular formula is C24H23F2NO4. The summed E-state index contributed by atoms with van der Waals surface area (Å²) in [6.07, 6.45) is 0. The fourth-order valence-electron chi connectivity index (χ4n) is 3.03. The van der Waals surface area contributed by atoms with Crippen molar-refractivity contribution < 1.29 is 27.8 Å². The van der Waals surface area contributed by atoms with Crippen LogP contribution in [0.3, 0.4) is 0 Å². The molecule has 0 aromatic heterocycles. The minimum Gasteiger partial charge on any atom is -0.493 e. The second-order valence-corrected chi connectivity index (χ2v) is 6.85. The van der Waals surface area contributed by atoms with Crippen molar-refractivity contribution >= 4 is 5.91 Å². The van der Waals surface area contributed by atoms with Crippen molar-refractivity contribution in [3.63, 3.8) is 0 Å². The molecule has 0 saturated heterocycles. The lowest BCUT2D eigenvalue weighted by Gasteiger charge is -2.18. The van der Waals surface area contributed by atoms with Crippen LogP contribution in [-0.2, 0) is 6.61 Å². The molecule has 3 rings (SSSR count). The molecular weight excluding hydrogens is 404 g/mol. The number of nitrogens with one attached hydrogen (secondary N) is 1. The average Bonchev–Trinajstić information content (AvgIpc) is 2.79. The first-order chi connectivity index (χ1) is 14.9. The van der Waals surface area contributed by atoms with E-state index in [4.69, 9.17) is 14.2 Å². The molecule has 3 aromatic rings. The molecule has 0 radical (unpaired) electrons. The van der Waals surface area contributed by atoms with Gasteiger partial charge in [-0.15, -0.1) is 0 Å². The van der Waals surface area contributed by atoms with E-state index < -0.39 is 23.6 Å².